The lowest BCUT2D eigenvalue weighted by Gasteiger charge is -2.24. The van der Waals surface area contributed by atoms with Crippen LogP contribution in [0.5, 0.6) is 0 Å². The van der Waals surface area contributed by atoms with Gasteiger partial charge in [0.25, 0.3) is 0 Å². The van der Waals surface area contributed by atoms with Crippen molar-refractivity contribution in [3.8, 4) is 6.07 Å². The number of hydrogen-bond donors (Lipinski definition) is 0. The molecule has 1 atom stereocenters. The molecule has 3 rings (SSSR count). The Labute approximate surface area is 125 Å². The van der Waals surface area contributed by atoms with Gasteiger partial charge in [0.15, 0.2) is 5.69 Å². The van der Waals surface area contributed by atoms with Gasteiger partial charge in [0.2, 0.25) is 0 Å². The molecule has 21 heavy (non-hydrogen) atoms. The number of rotatable bonds is 3. The van der Waals surface area contributed by atoms with E-state index in [1.807, 2.05) is 22.9 Å². The smallest absolute Gasteiger partial charge is 0.186 e. The number of nitriles is 1. The molecule has 1 aliphatic rings. The summed E-state index contributed by atoms with van der Waals surface area (Å²) in [6.45, 7) is 2.12. The lowest BCUT2D eigenvalue weighted by Crippen LogP contribution is -2.17. The van der Waals surface area contributed by atoms with E-state index in [0.29, 0.717) is 11.6 Å². The maximum absolute atomic E-state index is 9.35. The molecule has 1 aromatic carbocycles. The fourth-order valence-corrected chi connectivity index (χ4v) is 3.30. The Balaban J connectivity index is 1.99. The molecule has 1 heterocycles. The molecule has 0 saturated heterocycles. The average Bonchev–Trinajstić information content (AvgIpc) is 2.99. The first-order chi connectivity index (χ1) is 10.3. The monoisotopic (exact) mass is 280 g/mol. The highest BCUT2D eigenvalue weighted by Crippen LogP contribution is 2.35. The molecule has 1 aliphatic carbocycles. The van der Waals surface area contributed by atoms with E-state index in [2.05, 4.69) is 35.4 Å². The fourth-order valence-electron chi connectivity index (χ4n) is 3.30. The van der Waals surface area contributed by atoms with Gasteiger partial charge < -0.3 is 0 Å². The topological polar surface area (TPSA) is 54.5 Å². The molecule has 1 fully saturated rings. The van der Waals surface area contributed by atoms with E-state index < -0.39 is 0 Å². The summed E-state index contributed by atoms with van der Waals surface area (Å²) >= 11 is 0. The molecule has 0 bridgehead atoms. The molecule has 0 aliphatic heterocycles. The van der Waals surface area contributed by atoms with Gasteiger partial charge >= 0.3 is 0 Å². The summed E-state index contributed by atoms with van der Waals surface area (Å²) in [6.07, 6.45) is 6.06. The zero-order chi connectivity index (χ0) is 14.7. The molecule has 1 aromatic heterocycles. The van der Waals surface area contributed by atoms with Gasteiger partial charge in [0.05, 0.1) is 11.7 Å². The van der Waals surface area contributed by atoms with Crippen molar-refractivity contribution in [2.75, 3.05) is 0 Å². The van der Waals surface area contributed by atoms with E-state index in [1.165, 1.54) is 24.8 Å². The second-order valence-electron chi connectivity index (χ2n) is 5.80. The van der Waals surface area contributed by atoms with Crippen molar-refractivity contribution in [1.29, 1.82) is 5.26 Å². The van der Waals surface area contributed by atoms with Gasteiger partial charge in [-0.05, 0) is 25.3 Å². The Hall–Kier alpha value is -2.15. The Bertz CT molecular complexity index is 633. The van der Waals surface area contributed by atoms with Crippen molar-refractivity contribution in [1.82, 2.24) is 15.0 Å². The summed E-state index contributed by atoms with van der Waals surface area (Å²) in [4.78, 5) is 0. The van der Waals surface area contributed by atoms with Gasteiger partial charge in [-0.2, -0.15) is 5.26 Å². The molecule has 0 radical (unpaired) electrons. The minimum atomic E-state index is 0.109. The molecule has 1 unspecified atom stereocenters. The van der Waals surface area contributed by atoms with Gasteiger partial charge in [-0.3, -0.25) is 0 Å². The Morgan fingerprint density at radius 2 is 1.90 bits per heavy atom. The van der Waals surface area contributed by atoms with Gasteiger partial charge in [-0.15, -0.1) is 5.10 Å². The van der Waals surface area contributed by atoms with Crippen LogP contribution in [0.15, 0.2) is 30.3 Å². The molecule has 108 valence electrons. The Morgan fingerprint density at radius 3 is 2.57 bits per heavy atom. The van der Waals surface area contributed by atoms with Crippen LogP contribution in [0.4, 0.5) is 0 Å². The first kappa shape index (κ1) is 13.8. The second-order valence-corrected chi connectivity index (χ2v) is 5.80. The summed E-state index contributed by atoms with van der Waals surface area (Å²) in [6, 6.07) is 12.6. The van der Waals surface area contributed by atoms with Crippen molar-refractivity contribution in [3.63, 3.8) is 0 Å². The number of nitrogens with zero attached hydrogens (tertiary/aromatic N) is 4. The highest BCUT2D eigenvalue weighted by molar-refractivity contribution is 5.30. The molecule has 0 spiro atoms. The van der Waals surface area contributed by atoms with E-state index in [-0.39, 0.29) is 6.04 Å². The van der Waals surface area contributed by atoms with Crippen LogP contribution in [0, 0.1) is 11.3 Å². The van der Waals surface area contributed by atoms with E-state index >= 15 is 0 Å². The summed E-state index contributed by atoms with van der Waals surface area (Å²) in [5.74, 6) is 0.426. The zero-order valence-corrected chi connectivity index (χ0v) is 12.4. The summed E-state index contributed by atoms with van der Waals surface area (Å²) in [5.41, 5.74) is 2.74. The lowest BCUT2D eigenvalue weighted by atomic mass is 9.86. The molecule has 4 nitrogen and oxygen atoms in total. The van der Waals surface area contributed by atoms with Gasteiger partial charge in [-0.1, -0.05) is 54.8 Å². The first-order valence-corrected chi connectivity index (χ1v) is 7.71. The van der Waals surface area contributed by atoms with E-state index in [0.717, 1.165) is 18.5 Å². The Kier molecular flexibility index (Phi) is 4.01. The molecule has 0 amide bonds. The van der Waals surface area contributed by atoms with Crippen molar-refractivity contribution >= 4 is 0 Å². The highest BCUT2D eigenvalue weighted by atomic mass is 15.4. The third-order valence-electron chi connectivity index (χ3n) is 4.48. The van der Waals surface area contributed by atoms with Crippen LogP contribution in [0.2, 0.25) is 0 Å². The third-order valence-corrected chi connectivity index (χ3v) is 4.48. The minimum Gasteiger partial charge on any atom is -0.240 e. The van der Waals surface area contributed by atoms with Gasteiger partial charge in [0, 0.05) is 5.92 Å². The standard InChI is InChI=1S/C17H20N4/c1-13(14-8-4-2-5-9-14)21-17(16(12-18)19-20-21)15-10-6-3-7-11-15/h2,4-5,8-9,13,15H,3,6-7,10-11H2,1H3. The Morgan fingerprint density at radius 1 is 1.19 bits per heavy atom. The molecule has 4 heteroatoms. The van der Waals surface area contributed by atoms with E-state index in [1.54, 1.807) is 0 Å². The molecule has 1 saturated carbocycles. The number of hydrogen-bond acceptors (Lipinski definition) is 3. The van der Waals surface area contributed by atoms with Crippen LogP contribution in [0.25, 0.3) is 0 Å². The maximum atomic E-state index is 9.35. The van der Waals surface area contributed by atoms with Crippen LogP contribution in [-0.4, -0.2) is 15.0 Å². The molecular formula is C17H20N4. The predicted molar refractivity (Wildman–Crippen MR) is 80.8 cm³/mol. The number of benzene rings is 1. The predicted octanol–water partition coefficient (Wildman–Crippen LogP) is 3.81. The normalized spacial score (nSPS) is 17.3. The SMILES string of the molecule is CC(c1ccccc1)n1nnc(C#N)c1C1CCCCC1. The quantitative estimate of drug-likeness (QED) is 0.859. The maximum Gasteiger partial charge on any atom is 0.186 e. The largest absolute Gasteiger partial charge is 0.240 e. The molecular weight excluding hydrogens is 260 g/mol. The van der Waals surface area contributed by atoms with Crippen molar-refractivity contribution in [2.24, 2.45) is 0 Å². The van der Waals surface area contributed by atoms with Crippen molar-refractivity contribution in [2.45, 2.75) is 51.0 Å². The van der Waals surface area contributed by atoms with Crippen molar-refractivity contribution in [3.05, 3.63) is 47.3 Å². The van der Waals surface area contributed by atoms with Crippen LogP contribution in [-0.2, 0) is 0 Å². The van der Waals surface area contributed by atoms with E-state index in [9.17, 15) is 5.26 Å². The van der Waals surface area contributed by atoms with Crippen LogP contribution >= 0.6 is 0 Å². The summed E-state index contributed by atoms with van der Waals surface area (Å²) in [7, 11) is 0. The fraction of sp³-hybridized carbons (Fsp3) is 0.471. The molecule has 2 aromatic rings. The summed E-state index contributed by atoms with van der Waals surface area (Å²) in [5, 5.41) is 17.7. The number of aromatic nitrogens is 3. The van der Waals surface area contributed by atoms with Gasteiger partial charge in [-0.25, -0.2) is 4.68 Å². The van der Waals surface area contributed by atoms with Crippen molar-refractivity contribution < 1.29 is 0 Å². The molecule has 0 N–H and O–H groups in total. The summed E-state index contributed by atoms with van der Waals surface area (Å²) < 4.78 is 1.96. The second kappa shape index (κ2) is 6.09. The van der Waals surface area contributed by atoms with E-state index in [4.69, 9.17) is 0 Å². The van der Waals surface area contributed by atoms with Gasteiger partial charge in [0.1, 0.15) is 6.07 Å². The third kappa shape index (κ3) is 2.69. The first-order valence-electron chi connectivity index (χ1n) is 7.71. The lowest BCUT2D eigenvalue weighted by molar-refractivity contribution is 0.405. The average molecular weight is 280 g/mol. The zero-order valence-electron chi connectivity index (χ0n) is 12.4. The van der Waals surface area contributed by atoms with Crippen LogP contribution in [0.1, 0.15) is 67.9 Å². The highest BCUT2D eigenvalue weighted by Gasteiger charge is 2.26. The van der Waals surface area contributed by atoms with Crippen LogP contribution in [0.3, 0.4) is 0 Å². The minimum absolute atomic E-state index is 0.109. The van der Waals surface area contributed by atoms with Crippen LogP contribution < -0.4 is 0 Å².